The lowest BCUT2D eigenvalue weighted by Gasteiger charge is -1.96. The molecule has 0 atom stereocenters. The average Bonchev–Trinajstić information content (AvgIpc) is 2.13. The van der Waals surface area contributed by atoms with Crippen molar-refractivity contribution in [2.24, 2.45) is 0 Å². The third-order valence-corrected chi connectivity index (χ3v) is 1.09. The molecule has 48 valence electrons. The highest BCUT2D eigenvalue weighted by Crippen LogP contribution is 2.19. The molecule has 0 saturated heterocycles. The van der Waals surface area contributed by atoms with Gasteiger partial charge in [0.2, 0.25) is 0 Å². The van der Waals surface area contributed by atoms with E-state index in [0.717, 1.165) is 0 Å². The minimum absolute atomic E-state index is 0.0880. The lowest BCUT2D eigenvalue weighted by atomic mass is 10.2. The summed E-state index contributed by atoms with van der Waals surface area (Å²) in [6.07, 6.45) is 1.14. The van der Waals surface area contributed by atoms with Gasteiger partial charge >= 0.3 is 0 Å². The predicted octanol–water partition coefficient (Wildman–Crippen LogP) is 1.46. The van der Waals surface area contributed by atoms with Gasteiger partial charge in [0.05, 0.1) is 11.8 Å². The second-order valence-corrected chi connectivity index (χ2v) is 1.77. The van der Waals surface area contributed by atoms with Crippen molar-refractivity contribution >= 4 is 0 Å². The summed E-state index contributed by atoms with van der Waals surface area (Å²) in [7, 11) is 0. The Kier molecular flexibility index (Phi) is 1.51. The van der Waals surface area contributed by atoms with Crippen LogP contribution in [0.1, 0.15) is 6.92 Å². The van der Waals surface area contributed by atoms with Crippen molar-refractivity contribution in [3.63, 3.8) is 0 Å². The summed E-state index contributed by atoms with van der Waals surface area (Å²) in [5, 5.41) is 3.44. The molecule has 3 heteroatoms. The molecule has 9 heavy (non-hydrogen) atoms. The van der Waals surface area contributed by atoms with Gasteiger partial charge in [0.25, 0.3) is 6.43 Å². The second kappa shape index (κ2) is 2.17. The lowest BCUT2D eigenvalue weighted by molar-refractivity contribution is 0.192. The van der Waals surface area contributed by atoms with E-state index in [1.807, 2.05) is 0 Å². The van der Waals surface area contributed by atoms with Crippen LogP contribution in [0.5, 0.6) is 0 Å². The first-order chi connectivity index (χ1) is 4.22. The Balaban J connectivity index is 2.72. The van der Waals surface area contributed by atoms with Crippen molar-refractivity contribution in [1.82, 2.24) is 5.32 Å². The molecule has 0 saturated carbocycles. The summed E-state index contributed by atoms with van der Waals surface area (Å²) in [5.41, 5.74) is 0.417. The van der Waals surface area contributed by atoms with Crippen LogP contribution in [0, 0.1) is 6.20 Å². The topological polar surface area (TPSA) is 14.1 Å². The molecule has 0 aromatic rings. The van der Waals surface area contributed by atoms with Crippen LogP contribution in [0.2, 0.25) is 0 Å². The molecule has 2 radical (unpaired) electrons. The molecule has 1 nitrogen and oxygen atoms in total. The van der Waals surface area contributed by atoms with E-state index >= 15 is 0 Å². The van der Waals surface area contributed by atoms with E-state index in [1.54, 1.807) is 6.92 Å². The quantitative estimate of drug-likeness (QED) is 0.509. The third-order valence-electron chi connectivity index (χ3n) is 1.09. The minimum Gasteiger partial charge on any atom is -0.254 e. The van der Waals surface area contributed by atoms with E-state index in [0.29, 0.717) is 5.57 Å². The number of alkyl halides is 2. The fourth-order valence-electron chi connectivity index (χ4n) is 0.577. The zero-order chi connectivity index (χ0) is 6.85. The summed E-state index contributed by atoms with van der Waals surface area (Å²) in [6.45, 7) is 1.59. The standard InChI is InChI=1S/C6H5F2N/c1-4-2-9-3-5(4)6(7)8/h2,6H,1H3. The maximum absolute atomic E-state index is 11.8. The fraction of sp³-hybridized carbons (Fsp3) is 0.333. The molecule has 0 amide bonds. The molecule has 1 aliphatic rings. The van der Waals surface area contributed by atoms with E-state index in [-0.39, 0.29) is 5.57 Å². The first-order valence-corrected chi connectivity index (χ1v) is 2.50. The van der Waals surface area contributed by atoms with Gasteiger partial charge in [-0.3, -0.25) is 5.32 Å². The highest BCUT2D eigenvalue weighted by molar-refractivity contribution is 5.32. The molecule has 1 aliphatic heterocycles. The second-order valence-electron chi connectivity index (χ2n) is 1.77. The van der Waals surface area contributed by atoms with E-state index in [9.17, 15) is 8.78 Å². The van der Waals surface area contributed by atoms with Crippen molar-refractivity contribution in [3.05, 3.63) is 23.5 Å². The summed E-state index contributed by atoms with van der Waals surface area (Å²) in [6, 6.07) is 0. The number of allylic oxidation sites excluding steroid dienone is 2. The Morgan fingerprint density at radius 3 is 2.56 bits per heavy atom. The molecule has 0 aliphatic carbocycles. The molecule has 0 spiro atoms. The maximum Gasteiger partial charge on any atom is 0.266 e. The minimum atomic E-state index is -2.44. The van der Waals surface area contributed by atoms with Crippen LogP contribution in [0.25, 0.3) is 0 Å². The number of hydrogen-bond donors (Lipinski definition) is 0. The molecule has 0 aromatic carbocycles. The van der Waals surface area contributed by atoms with Gasteiger partial charge in [-0.2, -0.15) is 0 Å². The van der Waals surface area contributed by atoms with Crippen LogP contribution in [0.3, 0.4) is 0 Å². The third kappa shape index (κ3) is 1.09. The molecule has 0 fully saturated rings. The largest absolute Gasteiger partial charge is 0.266 e. The zero-order valence-corrected chi connectivity index (χ0v) is 4.86. The van der Waals surface area contributed by atoms with Crippen molar-refractivity contribution in [2.75, 3.05) is 0 Å². The lowest BCUT2D eigenvalue weighted by Crippen LogP contribution is -1.95. The van der Waals surface area contributed by atoms with Crippen LogP contribution in [-0.2, 0) is 0 Å². The normalized spacial score (nSPS) is 17.3. The summed E-state index contributed by atoms with van der Waals surface area (Å²) in [5.74, 6) is 0. The summed E-state index contributed by atoms with van der Waals surface area (Å²) >= 11 is 0. The highest BCUT2D eigenvalue weighted by atomic mass is 19.3. The van der Waals surface area contributed by atoms with E-state index in [2.05, 4.69) is 11.5 Å². The van der Waals surface area contributed by atoms with Crippen LogP contribution in [0.15, 0.2) is 17.3 Å². The number of rotatable bonds is 1. The Morgan fingerprint density at radius 1 is 1.67 bits per heavy atom. The molecular formula is C6H5F2N. The van der Waals surface area contributed by atoms with Gasteiger partial charge in [0.1, 0.15) is 0 Å². The zero-order valence-electron chi connectivity index (χ0n) is 4.86. The number of nitrogens with zero attached hydrogens (tertiary/aromatic N) is 1. The van der Waals surface area contributed by atoms with Crippen LogP contribution < -0.4 is 5.32 Å². The maximum atomic E-state index is 11.8. The van der Waals surface area contributed by atoms with Gasteiger partial charge in [-0.25, -0.2) is 8.78 Å². The van der Waals surface area contributed by atoms with Gasteiger partial charge in [-0.1, -0.05) is 0 Å². The first-order valence-electron chi connectivity index (χ1n) is 2.50. The van der Waals surface area contributed by atoms with Crippen LogP contribution in [0.4, 0.5) is 8.78 Å². The number of halogens is 2. The van der Waals surface area contributed by atoms with Gasteiger partial charge in [-0.15, -0.1) is 0 Å². The van der Waals surface area contributed by atoms with Gasteiger partial charge < -0.3 is 0 Å². The van der Waals surface area contributed by atoms with E-state index < -0.39 is 6.43 Å². The van der Waals surface area contributed by atoms with Crippen LogP contribution in [-0.4, -0.2) is 6.43 Å². The van der Waals surface area contributed by atoms with Gasteiger partial charge in [0.15, 0.2) is 0 Å². The Morgan fingerprint density at radius 2 is 2.33 bits per heavy atom. The molecule has 0 bridgehead atoms. The monoisotopic (exact) mass is 129 g/mol. The Hall–Kier alpha value is -0.860. The van der Waals surface area contributed by atoms with Crippen molar-refractivity contribution in [3.8, 4) is 0 Å². The van der Waals surface area contributed by atoms with Crippen molar-refractivity contribution in [1.29, 1.82) is 0 Å². The predicted molar refractivity (Wildman–Crippen MR) is 28.7 cm³/mol. The van der Waals surface area contributed by atoms with Crippen LogP contribution >= 0.6 is 0 Å². The Labute approximate surface area is 52.1 Å². The van der Waals surface area contributed by atoms with Crippen molar-refractivity contribution in [2.45, 2.75) is 13.3 Å². The molecule has 1 rings (SSSR count). The molecule has 1 heterocycles. The molecule has 0 N–H and O–H groups in total. The smallest absolute Gasteiger partial charge is 0.254 e. The SMILES string of the molecule is CC1=C[N][C]=C1C(F)F. The fourth-order valence-corrected chi connectivity index (χ4v) is 0.577. The van der Waals surface area contributed by atoms with Gasteiger partial charge in [0, 0.05) is 6.20 Å². The number of hydrogen-bond acceptors (Lipinski definition) is 0. The summed E-state index contributed by atoms with van der Waals surface area (Å²) < 4.78 is 23.6. The first kappa shape index (κ1) is 6.26. The van der Waals surface area contributed by atoms with E-state index in [4.69, 9.17) is 0 Å². The molecule has 0 unspecified atom stereocenters. The summed E-state index contributed by atoms with van der Waals surface area (Å²) in [4.78, 5) is 0. The molecule has 0 aromatic heterocycles. The van der Waals surface area contributed by atoms with Crippen molar-refractivity contribution < 1.29 is 8.78 Å². The molecular weight excluding hydrogens is 124 g/mol. The highest BCUT2D eigenvalue weighted by Gasteiger charge is 2.16. The van der Waals surface area contributed by atoms with Gasteiger partial charge in [-0.05, 0) is 12.5 Å². The Bertz CT molecular complexity index is 170. The average molecular weight is 129 g/mol. The van der Waals surface area contributed by atoms with E-state index in [1.165, 1.54) is 6.20 Å².